The van der Waals surface area contributed by atoms with Gasteiger partial charge < -0.3 is 20.1 Å². The number of hydrogen-bond donors (Lipinski definition) is 3. The Hall–Kier alpha value is -1.50. The Morgan fingerprint density at radius 3 is 2.41 bits per heavy atom. The minimum Gasteiger partial charge on any atom is -0.448 e. The lowest BCUT2D eigenvalue weighted by Gasteiger charge is -2.26. The van der Waals surface area contributed by atoms with Crippen molar-refractivity contribution < 1.29 is 24.4 Å². The molecule has 3 atom stereocenters. The smallest absolute Gasteiger partial charge is 0.218 e. The fraction of sp³-hybridized carbons (Fsp3) is 0.562. The van der Waals surface area contributed by atoms with Crippen LogP contribution >= 0.6 is 0 Å². The van der Waals surface area contributed by atoms with E-state index in [1.165, 1.54) is 0 Å². The quantitative estimate of drug-likeness (QED) is 0.792. The van der Waals surface area contributed by atoms with Gasteiger partial charge in [-0.3, -0.25) is 0 Å². The van der Waals surface area contributed by atoms with Crippen molar-refractivity contribution in [1.82, 2.24) is 0 Å². The van der Waals surface area contributed by atoms with Crippen LogP contribution in [-0.2, 0) is 4.74 Å². The lowest BCUT2D eigenvalue weighted by atomic mass is 10.1. The zero-order chi connectivity index (χ0) is 17.0. The summed E-state index contributed by atoms with van der Waals surface area (Å²) in [6.07, 6.45) is -1.55. The van der Waals surface area contributed by atoms with E-state index >= 15 is 0 Å². The highest BCUT2D eigenvalue weighted by atomic mass is 19.1. The van der Waals surface area contributed by atoms with Gasteiger partial charge in [-0.05, 0) is 18.6 Å². The topological polar surface area (TPSA) is 82.3 Å². The van der Waals surface area contributed by atoms with Gasteiger partial charge in [0, 0.05) is 19.1 Å². The maximum absolute atomic E-state index is 12.3. The summed E-state index contributed by atoms with van der Waals surface area (Å²) in [6, 6.07) is 8.86. The van der Waals surface area contributed by atoms with Gasteiger partial charge in [-0.1, -0.05) is 32.0 Å². The van der Waals surface area contributed by atoms with Crippen molar-refractivity contribution in [2.45, 2.75) is 45.1 Å². The molecule has 0 amide bonds. The van der Waals surface area contributed by atoms with Crippen molar-refractivity contribution >= 4 is 5.90 Å². The molecule has 0 aromatic heterocycles. The van der Waals surface area contributed by atoms with E-state index in [4.69, 9.17) is 9.84 Å². The number of alkyl halides is 1. The van der Waals surface area contributed by atoms with Crippen LogP contribution in [0, 0.1) is 0 Å². The Morgan fingerprint density at radius 2 is 1.86 bits per heavy atom. The first kappa shape index (κ1) is 20.5. The first-order valence-electron chi connectivity index (χ1n) is 7.35. The number of hydrogen-bond acceptors (Lipinski definition) is 5. The molecule has 3 unspecified atom stereocenters. The maximum Gasteiger partial charge on any atom is 0.218 e. The molecule has 22 heavy (non-hydrogen) atoms. The molecule has 1 aromatic rings. The van der Waals surface area contributed by atoms with Gasteiger partial charge >= 0.3 is 0 Å². The highest BCUT2D eigenvalue weighted by Gasteiger charge is 2.25. The van der Waals surface area contributed by atoms with Crippen LogP contribution in [-0.4, -0.2) is 53.4 Å². The van der Waals surface area contributed by atoms with E-state index in [2.05, 4.69) is 4.99 Å². The summed E-state index contributed by atoms with van der Waals surface area (Å²) >= 11 is 0. The van der Waals surface area contributed by atoms with Crippen LogP contribution in [0.3, 0.4) is 0 Å². The van der Waals surface area contributed by atoms with Gasteiger partial charge in [0.15, 0.2) is 0 Å². The average molecular weight is 315 g/mol. The molecule has 1 aromatic carbocycles. The fourth-order valence-corrected chi connectivity index (χ4v) is 1.91. The minimum absolute atomic E-state index is 0.188. The second kappa shape index (κ2) is 12.1. The summed E-state index contributed by atoms with van der Waals surface area (Å²) < 4.78 is 17.5. The molecule has 2 rings (SSSR count). The number of aliphatic hydroxyl groups is 3. The number of aliphatic hydroxyl groups excluding tert-OH is 3. The average Bonchev–Trinajstić information content (AvgIpc) is 2.58. The first-order chi connectivity index (χ1) is 10.7. The van der Waals surface area contributed by atoms with Gasteiger partial charge in [0.05, 0.1) is 12.1 Å². The molecule has 0 saturated carbocycles. The molecule has 1 aliphatic heterocycles. The maximum atomic E-state index is 12.3. The predicted molar refractivity (Wildman–Crippen MR) is 84.6 cm³/mol. The Morgan fingerprint density at radius 1 is 1.27 bits per heavy atom. The summed E-state index contributed by atoms with van der Waals surface area (Å²) in [5, 5.41) is 25.9. The third-order valence-corrected chi connectivity index (χ3v) is 2.76. The monoisotopic (exact) mass is 315 g/mol. The molecule has 0 fully saturated rings. The zero-order valence-electron chi connectivity index (χ0n) is 13.3. The molecule has 5 nitrogen and oxygen atoms in total. The molecule has 126 valence electrons. The molecule has 1 heterocycles. The molecule has 0 radical (unpaired) electrons. The largest absolute Gasteiger partial charge is 0.448 e. The number of benzene rings is 1. The Bertz CT molecular complexity index is 414. The summed E-state index contributed by atoms with van der Waals surface area (Å²) in [4.78, 5) is 4.30. The van der Waals surface area contributed by atoms with Crippen LogP contribution in [0.4, 0.5) is 4.39 Å². The van der Waals surface area contributed by atoms with Gasteiger partial charge in [-0.15, -0.1) is 0 Å². The Kier molecular flexibility index (Phi) is 11.3. The van der Waals surface area contributed by atoms with Gasteiger partial charge in [0.25, 0.3) is 0 Å². The normalized spacial score (nSPS) is 21.1. The highest BCUT2D eigenvalue weighted by molar-refractivity contribution is 5.94. The van der Waals surface area contributed by atoms with Crippen LogP contribution in [0.15, 0.2) is 35.3 Å². The predicted octanol–water partition coefficient (Wildman–Crippen LogP) is 1.90. The van der Waals surface area contributed by atoms with E-state index in [9.17, 15) is 14.6 Å². The zero-order valence-corrected chi connectivity index (χ0v) is 13.3. The molecule has 1 aliphatic rings. The van der Waals surface area contributed by atoms with E-state index in [1.54, 1.807) is 0 Å². The van der Waals surface area contributed by atoms with Crippen molar-refractivity contribution in [1.29, 1.82) is 0 Å². The third kappa shape index (κ3) is 6.98. The number of halogens is 1. The van der Waals surface area contributed by atoms with Crippen LogP contribution in [0.25, 0.3) is 0 Å². The first-order valence-corrected chi connectivity index (χ1v) is 7.35. The molecular formula is C16H26FNO4. The van der Waals surface area contributed by atoms with Crippen LogP contribution in [0.2, 0.25) is 0 Å². The van der Waals surface area contributed by atoms with Crippen molar-refractivity contribution in [2.75, 3.05) is 13.8 Å². The van der Waals surface area contributed by atoms with Crippen LogP contribution in [0.5, 0.6) is 0 Å². The van der Waals surface area contributed by atoms with E-state index in [0.29, 0.717) is 5.90 Å². The molecule has 3 N–H and O–H groups in total. The minimum atomic E-state index is -1.04. The second-order valence-corrected chi connectivity index (χ2v) is 4.31. The van der Waals surface area contributed by atoms with E-state index in [-0.39, 0.29) is 18.9 Å². The molecule has 6 heteroatoms. The fourth-order valence-electron chi connectivity index (χ4n) is 1.91. The molecule has 0 spiro atoms. The summed E-state index contributed by atoms with van der Waals surface area (Å²) in [6.45, 7) is 3.20. The van der Waals surface area contributed by atoms with Gasteiger partial charge in [0.1, 0.15) is 6.67 Å². The lowest BCUT2D eigenvalue weighted by molar-refractivity contribution is -0.0496. The molecule has 0 bridgehead atoms. The third-order valence-electron chi connectivity index (χ3n) is 2.76. The Labute approximate surface area is 131 Å². The number of nitrogens with zero attached hydrogens (tertiary/aromatic N) is 1. The van der Waals surface area contributed by atoms with Crippen LogP contribution < -0.4 is 0 Å². The van der Waals surface area contributed by atoms with Crippen molar-refractivity contribution in [2.24, 2.45) is 4.99 Å². The molecule has 0 saturated heterocycles. The molecular weight excluding hydrogens is 289 g/mol. The van der Waals surface area contributed by atoms with Gasteiger partial charge in [-0.2, -0.15) is 0 Å². The van der Waals surface area contributed by atoms with E-state index < -0.39 is 19.1 Å². The number of aliphatic imine (C=N–C) groups is 1. The second-order valence-electron chi connectivity index (χ2n) is 4.31. The van der Waals surface area contributed by atoms with Gasteiger partial charge in [0.2, 0.25) is 12.2 Å². The number of rotatable bonds is 4. The SMILES string of the molecule is CC.CO.OC(CF)CC1CC(O)OC(c2ccccc2)=N1. The standard InChI is InChI=1S/C13H16FNO3.C2H6.CH4O/c14-8-11(16)6-10-7-12(17)18-13(15-10)9-4-2-1-3-5-9;2*1-2/h1-5,10-12,16-17H,6-8H2;1-2H3;2H,1H3. The van der Waals surface area contributed by atoms with E-state index in [0.717, 1.165) is 12.7 Å². The Balaban J connectivity index is 0.00000102. The summed E-state index contributed by atoms with van der Waals surface area (Å²) in [5.41, 5.74) is 0.760. The van der Waals surface area contributed by atoms with Gasteiger partial charge in [-0.25, -0.2) is 9.38 Å². The van der Waals surface area contributed by atoms with E-state index in [1.807, 2.05) is 44.2 Å². The summed E-state index contributed by atoms with van der Waals surface area (Å²) in [5.74, 6) is 0.338. The lowest BCUT2D eigenvalue weighted by Crippen LogP contribution is -2.32. The highest BCUT2D eigenvalue weighted by Crippen LogP contribution is 2.20. The number of ether oxygens (including phenoxy) is 1. The van der Waals surface area contributed by atoms with Crippen LogP contribution in [0.1, 0.15) is 32.3 Å². The summed E-state index contributed by atoms with van der Waals surface area (Å²) in [7, 11) is 1.00. The molecule has 0 aliphatic carbocycles. The van der Waals surface area contributed by atoms with Crippen molar-refractivity contribution in [3.05, 3.63) is 35.9 Å². The van der Waals surface area contributed by atoms with Crippen molar-refractivity contribution in [3.63, 3.8) is 0 Å². The van der Waals surface area contributed by atoms with Crippen molar-refractivity contribution in [3.8, 4) is 0 Å².